The van der Waals surface area contributed by atoms with Crippen LogP contribution in [0, 0.1) is 5.95 Å². The normalized spacial score (nSPS) is 18.3. The van der Waals surface area contributed by atoms with Gasteiger partial charge in [0.25, 0.3) is 10.2 Å². The number of nitrogens with zero attached hydrogens (tertiary/aromatic N) is 2. The minimum absolute atomic E-state index is 0.0168. The van der Waals surface area contributed by atoms with Crippen LogP contribution in [0.15, 0.2) is 18.3 Å². The second-order valence-electron chi connectivity index (χ2n) is 4.65. The lowest BCUT2D eigenvalue weighted by atomic mass is 9.91. The maximum Gasteiger partial charge on any atom is 0.279 e. The van der Waals surface area contributed by atoms with E-state index in [0.29, 0.717) is 31.5 Å². The van der Waals surface area contributed by atoms with Crippen molar-refractivity contribution in [3.05, 3.63) is 29.8 Å². The van der Waals surface area contributed by atoms with Gasteiger partial charge >= 0.3 is 0 Å². The highest BCUT2D eigenvalue weighted by Crippen LogP contribution is 2.29. The molecule has 5 nitrogen and oxygen atoms in total. The molecule has 1 fully saturated rings. The Morgan fingerprint density at radius 1 is 1.45 bits per heavy atom. The van der Waals surface area contributed by atoms with Gasteiger partial charge in [0, 0.05) is 37.3 Å². The molecule has 1 saturated heterocycles. The average Bonchev–Trinajstić information content (AvgIpc) is 2.46. The monoisotopic (exact) mass is 321 g/mol. The van der Waals surface area contributed by atoms with Crippen LogP contribution in [0.3, 0.4) is 0 Å². The highest BCUT2D eigenvalue weighted by Gasteiger charge is 2.29. The molecule has 8 heteroatoms. The number of halogens is 2. The molecule has 20 heavy (non-hydrogen) atoms. The van der Waals surface area contributed by atoms with Crippen molar-refractivity contribution in [2.45, 2.75) is 18.8 Å². The van der Waals surface area contributed by atoms with E-state index in [1.165, 1.54) is 10.5 Å². The smallest absolute Gasteiger partial charge is 0.228 e. The molecular weight excluding hydrogens is 305 g/mol. The quantitative estimate of drug-likeness (QED) is 0.660. The highest BCUT2D eigenvalue weighted by atomic mass is 35.5. The Morgan fingerprint density at radius 3 is 2.75 bits per heavy atom. The molecule has 0 bridgehead atoms. The van der Waals surface area contributed by atoms with Gasteiger partial charge in [-0.3, -0.25) is 0 Å². The molecule has 1 N–H and O–H groups in total. The summed E-state index contributed by atoms with van der Waals surface area (Å²) in [6, 6.07) is 3.41. The standard InChI is InChI=1S/C12H17ClFN3O2S/c13-5-7-16-20(18,19)17-8-3-10(4-9-17)11-2-1-6-15-12(11)14/h1-2,6,10,16H,3-5,7-9H2. The summed E-state index contributed by atoms with van der Waals surface area (Å²) in [6.45, 7) is 0.953. The summed E-state index contributed by atoms with van der Waals surface area (Å²) in [4.78, 5) is 3.64. The molecule has 0 aromatic carbocycles. The van der Waals surface area contributed by atoms with Crippen molar-refractivity contribution in [2.24, 2.45) is 0 Å². The molecule has 2 heterocycles. The number of alkyl halides is 1. The van der Waals surface area contributed by atoms with E-state index in [1.807, 2.05) is 0 Å². The van der Waals surface area contributed by atoms with Crippen LogP contribution in [0.4, 0.5) is 4.39 Å². The summed E-state index contributed by atoms with van der Waals surface area (Å²) in [7, 11) is -3.47. The predicted molar refractivity (Wildman–Crippen MR) is 75.4 cm³/mol. The van der Waals surface area contributed by atoms with E-state index in [9.17, 15) is 12.8 Å². The number of hydrogen-bond acceptors (Lipinski definition) is 3. The van der Waals surface area contributed by atoms with Crippen molar-refractivity contribution in [3.63, 3.8) is 0 Å². The minimum atomic E-state index is -3.47. The van der Waals surface area contributed by atoms with Crippen LogP contribution in [0.2, 0.25) is 0 Å². The van der Waals surface area contributed by atoms with Gasteiger partial charge in [-0.05, 0) is 24.8 Å². The van der Waals surface area contributed by atoms with E-state index < -0.39 is 16.2 Å². The number of rotatable bonds is 5. The minimum Gasteiger partial charge on any atom is -0.228 e. The molecule has 1 aromatic rings. The van der Waals surface area contributed by atoms with Crippen molar-refractivity contribution in [3.8, 4) is 0 Å². The molecule has 0 saturated carbocycles. The van der Waals surface area contributed by atoms with Crippen LogP contribution in [0.25, 0.3) is 0 Å². The third kappa shape index (κ3) is 3.66. The first-order valence-electron chi connectivity index (χ1n) is 6.45. The molecule has 0 spiro atoms. The van der Waals surface area contributed by atoms with Gasteiger partial charge in [0.2, 0.25) is 5.95 Å². The van der Waals surface area contributed by atoms with E-state index in [2.05, 4.69) is 9.71 Å². The number of nitrogens with one attached hydrogen (secondary N) is 1. The fraction of sp³-hybridized carbons (Fsp3) is 0.583. The molecule has 0 amide bonds. The van der Waals surface area contributed by atoms with Crippen molar-refractivity contribution in [1.82, 2.24) is 14.0 Å². The lowest BCUT2D eigenvalue weighted by Crippen LogP contribution is -2.45. The number of piperidine rings is 1. The molecule has 1 aromatic heterocycles. The van der Waals surface area contributed by atoms with Gasteiger partial charge in [-0.2, -0.15) is 17.1 Å². The van der Waals surface area contributed by atoms with Crippen molar-refractivity contribution >= 4 is 21.8 Å². The average molecular weight is 322 g/mol. The van der Waals surface area contributed by atoms with E-state index in [1.54, 1.807) is 12.1 Å². The summed E-state index contributed by atoms with van der Waals surface area (Å²) in [6.07, 6.45) is 2.59. The van der Waals surface area contributed by atoms with Crippen LogP contribution in [0.5, 0.6) is 0 Å². The van der Waals surface area contributed by atoms with Crippen molar-refractivity contribution < 1.29 is 12.8 Å². The fourth-order valence-corrected chi connectivity index (χ4v) is 3.81. The van der Waals surface area contributed by atoms with Gasteiger partial charge < -0.3 is 0 Å². The van der Waals surface area contributed by atoms with E-state index in [4.69, 9.17) is 11.6 Å². The second-order valence-corrected chi connectivity index (χ2v) is 6.78. The van der Waals surface area contributed by atoms with Gasteiger partial charge in [0.1, 0.15) is 0 Å². The number of aromatic nitrogens is 1. The van der Waals surface area contributed by atoms with Gasteiger partial charge in [-0.1, -0.05) is 6.07 Å². The third-order valence-corrected chi connectivity index (χ3v) is 5.20. The first-order chi connectivity index (χ1) is 9.54. The Labute approximate surface area is 123 Å². The third-order valence-electron chi connectivity index (χ3n) is 3.40. The summed E-state index contributed by atoms with van der Waals surface area (Å²) < 4.78 is 41.3. The molecule has 1 aliphatic heterocycles. The largest absolute Gasteiger partial charge is 0.279 e. The molecule has 0 radical (unpaired) electrons. The number of hydrogen-bond donors (Lipinski definition) is 1. The molecule has 0 atom stereocenters. The molecule has 2 rings (SSSR count). The zero-order chi connectivity index (χ0) is 14.6. The maximum atomic E-state index is 13.6. The highest BCUT2D eigenvalue weighted by molar-refractivity contribution is 7.87. The van der Waals surface area contributed by atoms with Gasteiger partial charge in [0.15, 0.2) is 0 Å². The van der Waals surface area contributed by atoms with Crippen LogP contribution < -0.4 is 4.72 Å². The Balaban J connectivity index is 1.98. The van der Waals surface area contributed by atoms with Crippen LogP contribution in [0.1, 0.15) is 24.3 Å². The second kappa shape index (κ2) is 6.80. The Hall–Kier alpha value is -0.760. The summed E-state index contributed by atoms with van der Waals surface area (Å²) in [5, 5.41) is 0. The summed E-state index contributed by atoms with van der Waals surface area (Å²) >= 11 is 5.47. The van der Waals surface area contributed by atoms with Crippen LogP contribution in [-0.2, 0) is 10.2 Å². The molecule has 0 aliphatic carbocycles. The topological polar surface area (TPSA) is 62.3 Å². The first-order valence-corrected chi connectivity index (χ1v) is 8.43. The van der Waals surface area contributed by atoms with Gasteiger partial charge in [-0.25, -0.2) is 9.71 Å². The predicted octanol–water partition coefficient (Wildman–Crippen LogP) is 1.47. The summed E-state index contributed by atoms with van der Waals surface area (Å²) in [5.74, 6) is -0.214. The van der Waals surface area contributed by atoms with E-state index in [-0.39, 0.29) is 18.3 Å². The first kappa shape index (κ1) is 15.6. The van der Waals surface area contributed by atoms with Crippen LogP contribution in [-0.4, -0.2) is 43.2 Å². The van der Waals surface area contributed by atoms with Crippen LogP contribution >= 0.6 is 11.6 Å². The zero-order valence-corrected chi connectivity index (χ0v) is 12.5. The lowest BCUT2D eigenvalue weighted by Gasteiger charge is -2.31. The van der Waals surface area contributed by atoms with E-state index in [0.717, 1.165) is 0 Å². The van der Waals surface area contributed by atoms with Crippen molar-refractivity contribution in [1.29, 1.82) is 0 Å². The molecule has 112 valence electrons. The Morgan fingerprint density at radius 2 is 2.15 bits per heavy atom. The van der Waals surface area contributed by atoms with Gasteiger partial charge in [0.05, 0.1) is 0 Å². The lowest BCUT2D eigenvalue weighted by molar-refractivity contribution is 0.311. The number of pyridine rings is 1. The van der Waals surface area contributed by atoms with Gasteiger partial charge in [-0.15, -0.1) is 11.6 Å². The fourth-order valence-electron chi connectivity index (χ4n) is 2.37. The zero-order valence-electron chi connectivity index (χ0n) is 10.9. The molecule has 1 aliphatic rings. The molecule has 0 unspecified atom stereocenters. The summed E-state index contributed by atoms with van der Waals surface area (Å²) in [5.41, 5.74) is 0.568. The Bertz CT molecular complexity index is 547. The Kier molecular flexibility index (Phi) is 5.31. The maximum absolute atomic E-state index is 13.6. The van der Waals surface area contributed by atoms with E-state index >= 15 is 0 Å². The van der Waals surface area contributed by atoms with Crippen molar-refractivity contribution in [2.75, 3.05) is 25.5 Å². The SMILES string of the molecule is O=S(=O)(NCCCl)N1CCC(c2cccnc2F)CC1. The molecular formula is C12H17ClFN3O2S.